The maximum atomic E-state index is 9.17. The summed E-state index contributed by atoms with van der Waals surface area (Å²) in [6.45, 7) is 1.62. The molecule has 0 aromatic carbocycles. The molecule has 0 heterocycles. The van der Waals surface area contributed by atoms with Crippen molar-refractivity contribution in [3.05, 3.63) is 0 Å². The van der Waals surface area contributed by atoms with Gasteiger partial charge in [0.2, 0.25) is 0 Å². The highest BCUT2D eigenvalue weighted by molar-refractivity contribution is 4.60. The molecule has 128 valence electrons. The van der Waals surface area contributed by atoms with Gasteiger partial charge in [-0.05, 0) is 0 Å². The second-order valence-corrected chi connectivity index (χ2v) is 4.99. The third-order valence-corrected chi connectivity index (χ3v) is 2.58. The summed E-state index contributed by atoms with van der Waals surface area (Å²) in [7, 11) is 0. The molecular weight excluding hydrogens is 284 g/mol. The van der Waals surface area contributed by atoms with Crippen LogP contribution in [0.4, 0.5) is 0 Å². The van der Waals surface area contributed by atoms with Crippen LogP contribution in [0.5, 0.6) is 0 Å². The molecule has 0 saturated heterocycles. The molecular formula is C13H28O8. The first-order valence-electron chi connectivity index (χ1n) is 6.99. The van der Waals surface area contributed by atoms with Crippen LogP contribution < -0.4 is 0 Å². The fourth-order valence-corrected chi connectivity index (χ4v) is 1.27. The lowest BCUT2D eigenvalue weighted by molar-refractivity contribution is -0.0945. The Morgan fingerprint density at radius 2 is 1.19 bits per heavy atom. The minimum atomic E-state index is -0.945. The van der Waals surface area contributed by atoms with Crippen molar-refractivity contribution in [3.63, 3.8) is 0 Å². The molecule has 8 heteroatoms. The Labute approximate surface area is 124 Å². The van der Waals surface area contributed by atoms with Crippen molar-refractivity contribution < 1.29 is 39.7 Å². The van der Waals surface area contributed by atoms with E-state index in [0.717, 1.165) is 0 Å². The van der Waals surface area contributed by atoms with Crippen molar-refractivity contribution in [2.45, 2.75) is 25.2 Å². The highest BCUT2D eigenvalue weighted by Gasteiger charge is 2.14. The van der Waals surface area contributed by atoms with Crippen molar-refractivity contribution in [3.8, 4) is 0 Å². The zero-order chi connectivity index (χ0) is 16.1. The molecule has 0 fully saturated rings. The van der Waals surface area contributed by atoms with E-state index in [1.807, 2.05) is 6.92 Å². The van der Waals surface area contributed by atoms with Gasteiger partial charge in [0.25, 0.3) is 0 Å². The smallest absolute Gasteiger partial charge is 0.104 e. The summed E-state index contributed by atoms with van der Waals surface area (Å²) in [5.41, 5.74) is 0. The molecule has 8 nitrogen and oxygen atoms in total. The highest BCUT2D eigenvalue weighted by atomic mass is 16.6. The maximum absolute atomic E-state index is 9.17. The van der Waals surface area contributed by atoms with E-state index in [4.69, 9.17) is 39.7 Å². The number of aliphatic hydroxyl groups is 5. The molecule has 3 atom stereocenters. The van der Waals surface area contributed by atoms with Gasteiger partial charge in [-0.15, -0.1) is 0 Å². The van der Waals surface area contributed by atoms with Crippen LogP contribution >= 0.6 is 0 Å². The minimum absolute atomic E-state index is 0.000880. The number of rotatable bonds is 14. The van der Waals surface area contributed by atoms with E-state index in [2.05, 4.69) is 0 Å². The topological polar surface area (TPSA) is 129 Å². The average Bonchev–Trinajstić information content (AvgIpc) is 2.50. The van der Waals surface area contributed by atoms with Crippen LogP contribution in [0.25, 0.3) is 0 Å². The Bertz CT molecular complexity index is 212. The van der Waals surface area contributed by atoms with Crippen LogP contribution in [0.1, 0.15) is 6.92 Å². The Morgan fingerprint density at radius 3 is 1.57 bits per heavy atom. The quantitative estimate of drug-likeness (QED) is 0.243. The van der Waals surface area contributed by atoms with Crippen LogP contribution in [0.2, 0.25) is 0 Å². The number of hydrogen-bond donors (Lipinski definition) is 5. The van der Waals surface area contributed by atoms with Crippen LogP contribution in [-0.2, 0) is 14.2 Å². The second-order valence-electron chi connectivity index (χ2n) is 4.99. The average molecular weight is 312 g/mol. The van der Waals surface area contributed by atoms with E-state index in [0.29, 0.717) is 6.61 Å². The number of hydrogen-bond acceptors (Lipinski definition) is 8. The first-order valence-corrected chi connectivity index (χ1v) is 6.99. The van der Waals surface area contributed by atoms with E-state index in [1.54, 1.807) is 0 Å². The van der Waals surface area contributed by atoms with E-state index < -0.39 is 18.3 Å². The van der Waals surface area contributed by atoms with E-state index in [-0.39, 0.29) is 52.2 Å². The first-order chi connectivity index (χ1) is 10.0. The lowest BCUT2D eigenvalue weighted by atomic mass is 10.2. The summed E-state index contributed by atoms with van der Waals surface area (Å²) in [6.07, 6.45) is -2.32. The molecule has 5 N–H and O–H groups in total. The zero-order valence-electron chi connectivity index (χ0n) is 12.4. The SMILES string of the molecule is CC(CO)COC(COCC(O)CO)COCC(O)CO. The summed E-state index contributed by atoms with van der Waals surface area (Å²) in [5.74, 6) is -0.0291. The summed E-state index contributed by atoms with van der Waals surface area (Å²) in [6, 6.07) is 0. The molecule has 0 radical (unpaired) electrons. The van der Waals surface area contributed by atoms with Gasteiger partial charge in [-0.3, -0.25) is 0 Å². The Hall–Kier alpha value is -0.320. The van der Waals surface area contributed by atoms with Gasteiger partial charge < -0.3 is 39.7 Å². The van der Waals surface area contributed by atoms with Gasteiger partial charge >= 0.3 is 0 Å². The molecule has 0 bridgehead atoms. The van der Waals surface area contributed by atoms with Crippen LogP contribution in [0, 0.1) is 5.92 Å². The van der Waals surface area contributed by atoms with Gasteiger partial charge in [-0.1, -0.05) is 6.92 Å². The standard InChI is InChI=1S/C13H28O8/c1-10(2-14)5-21-13(8-19-6-11(17)3-15)9-20-7-12(18)4-16/h10-18H,2-9H2,1H3. The largest absolute Gasteiger partial charge is 0.396 e. The molecule has 0 aliphatic rings. The van der Waals surface area contributed by atoms with Gasteiger partial charge in [0.05, 0.1) is 46.2 Å². The van der Waals surface area contributed by atoms with Gasteiger partial charge in [0, 0.05) is 12.5 Å². The van der Waals surface area contributed by atoms with Crippen molar-refractivity contribution in [1.82, 2.24) is 0 Å². The Morgan fingerprint density at radius 1 is 0.714 bits per heavy atom. The van der Waals surface area contributed by atoms with E-state index >= 15 is 0 Å². The molecule has 0 spiro atoms. The third kappa shape index (κ3) is 12.0. The van der Waals surface area contributed by atoms with Crippen LogP contribution in [0.15, 0.2) is 0 Å². The zero-order valence-corrected chi connectivity index (χ0v) is 12.4. The summed E-state index contributed by atoms with van der Waals surface area (Å²) in [4.78, 5) is 0. The summed E-state index contributed by atoms with van der Waals surface area (Å²) in [5, 5.41) is 44.6. The minimum Gasteiger partial charge on any atom is -0.396 e. The number of aliphatic hydroxyl groups excluding tert-OH is 5. The molecule has 21 heavy (non-hydrogen) atoms. The fourth-order valence-electron chi connectivity index (χ4n) is 1.27. The van der Waals surface area contributed by atoms with Gasteiger partial charge in [0.1, 0.15) is 18.3 Å². The summed E-state index contributed by atoms with van der Waals surface area (Å²) >= 11 is 0. The van der Waals surface area contributed by atoms with Crippen molar-refractivity contribution in [2.24, 2.45) is 5.92 Å². The summed E-state index contributed by atoms with van der Waals surface area (Å²) < 4.78 is 15.9. The normalized spacial score (nSPS) is 17.4. The van der Waals surface area contributed by atoms with E-state index in [1.165, 1.54) is 0 Å². The Kier molecular flexibility index (Phi) is 13.1. The fraction of sp³-hybridized carbons (Fsp3) is 1.00. The molecule has 0 aromatic rings. The van der Waals surface area contributed by atoms with E-state index in [9.17, 15) is 0 Å². The van der Waals surface area contributed by atoms with Gasteiger partial charge in [0.15, 0.2) is 0 Å². The highest BCUT2D eigenvalue weighted by Crippen LogP contribution is 2.02. The predicted octanol–water partition coefficient (Wildman–Crippen LogP) is -2.26. The molecule has 0 amide bonds. The second kappa shape index (κ2) is 13.4. The lowest BCUT2D eigenvalue weighted by Crippen LogP contribution is -2.32. The van der Waals surface area contributed by atoms with Crippen molar-refractivity contribution in [2.75, 3.05) is 52.9 Å². The molecule has 0 rings (SSSR count). The van der Waals surface area contributed by atoms with Gasteiger partial charge in [-0.2, -0.15) is 0 Å². The molecule has 3 unspecified atom stereocenters. The molecule has 0 aliphatic carbocycles. The number of ether oxygens (including phenoxy) is 3. The predicted molar refractivity (Wildman–Crippen MR) is 73.8 cm³/mol. The molecule has 0 aromatic heterocycles. The third-order valence-electron chi connectivity index (χ3n) is 2.58. The monoisotopic (exact) mass is 312 g/mol. The maximum Gasteiger partial charge on any atom is 0.104 e. The molecule has 0 aliphatic heterocycles. The Balaban J connectivity index is 4.01. The van der Waals surface area contributed by atoms with Gasteiger partial charge in [-0.25, -0.2) is 0 Å². The van der Waals surface area contributed by atoms with Crippen molar-refractivity contribution in [1.29, 1.82) is 0 Å². The van der Waals surface area contributed by atoms with Crippen molar-refractivity contribution >= 4 is 0 Å². The van der Waals surface area contributed by atoms with Crippen LogP contribution in [-0.4, -0.2) is 96.7 Å². The lowest BCUT2D eigenvalue weighted by Gasteiger charge is -2.21. The van der Waals surface area contributed by atoms with Crippen LogP contribution in [0.3, 0.4) is 0 Å². The first kappa shape index (κ1) is 20.7. The molecule has 0 saturated carbocycles.